The summed E-state index contributed by atoms with van der Waals surface area (Å²) in [4.78, 5) is 14.1. The van der Waals surface area contributed by atoms with E-state index >= 15 is 0 Å². The van der Waals surface area contributed by atoms with Crippen molar-refractivity contribution in [3.05, 3.63) is 36.4 Å². The Balaban J connectivity index is 0.00000288. The molecule has 1 amide bonds. The SMILES string of the molecule is C=CCc1ccc(OCC(=O)N2CCC(NC)CC2)c(OC)c1.Cl. The maximum absolute atomic E-state index is 12.3. The van der Waals surface area contributed by atoms with Crippen molar-refractivity contribution in [2.45, 2.75) is 25.3 Å². The number of carbonyl (C=O) groups is 1. The van der Waals surface area contributed by atoms with Gasteiger partial charge in [-0.3, -0.25) is 4.79 Å². The first-order chi connectivity index (χ1) is 11.2. The van der Waals surface area contributed by atoms with Crippen molar-refractivity contribution in [2.24, 2.45) is 0 Å². The van der Waals surface area contributed by atoms with Gasteiger partial charge in [-0.15, -0.1) is 19.0 Å². The average molecular weight is 355 g/mol. The molecule has 24 heavy (non-hydrogen) atoms. The van der Waals surface area contributed by atoms with E-state index in [0.29, 0.717) is 17.5 Å². The minimum absolute atomic E-state index is 0. The second-order valence-electron chi connectivity index (χ2n) is 5.71. The molecule has 6 heteroatoms. The van der Waals surface area contributed by atoms with E-state index in [1.54, 1.807) is 7.11 Å². The Morgan fingerprint density at radius 2 is 2.08 bits per heavy atom. The third-order valence-corrected chi connectivity index (χ3v) is 4.22. The van der Waals surface area contributed by atoms with Crippen LogP contribution >= 0.6 is 12.4 Å². The van der Waals surface area contributed by atoms with Crippen LogP contribution in [-0.4, -0.2) is 50.7 Å². The minimum Gasteiger partial charge on any atom is -0.493 e. The lowest BCUT2D eigenvalue weighted by Crippen LogP contribution is -2.45. The van der Waals surface area contributed by atoms with Crippen LogP contribution < -0.4 is 14.8 Å². The summed E-state index contributed by atoms with van der Waals surface area (Å²) in [5, 5.41) is 3.26. The fourth-order valence-electron chi connectivity index (χ4n) is 2.77. The molecule has 1 fully saturated rings. The Kier molecular flexibility index (Phi) is 8.65. The van der Waals surface area contributed by atoms with Crippen LogP contribution in [0.3, 0.4) is 0 Å². The first kappa shape index (κ1) is 20.3. The van der Waals surface area contributed by atoms with Crippen molar-refractivity contribution in [1.82, 2.24) is 10.2 Å². The highest BCUT2D eigenvalue weighted by molar-refractivity contribution is 5.85. The van der Waals surface area contributed by atoms with Crippen molar-refractivity contribution in [3.63, 3.8) is 0 Å². The van der Waals surface area contributed by atoms with Crippen molar-refractivity contribution in [2.75, 3.05) is 33.9 Å². The molecule has 0 radical (unpaired) electrons. The maximum atomic E-state index is 12.3. The number of nitrogens with one attached hydrogen (secondary N) is 1. The molecule has 0 aliphatic carbocycles. The molecule has 1 aliphatic rings. The predicted molar refractivity (Wildman–Crippen MR) is 98.3 cm³/mol. The number of rotatable bonds is 7. The molecule has 0 aromatic heterocycles. The normalized spacial score (nSPS) is 14.7. The number of methoxy groups -OCH3 is 1. The van der Waals surface area contributed by atoms with Crippen molar-refractivity contribution >= 4 is 18.3 Å². The lowest BCUT2D eigenvalue weighted by Gasteiger charge is -2.31. The number of likely N-dealkylation sites (tertiary alicyclic amines) is 1. The standard InChI is InChI=1S/C18H26N2O3.ClH/c1-4-5-14-6-7-16(17(12-14)22-3)23-13-18(21)20-10-8-15(19-2)9-11-20;/h4,6-7,12,15,19H,1,5,8-11,13H2,2-3H3;1H. The number of amides is 1. The highest BCUT2D eigenvalue weighted by Gasteiger charge is 2.22. The van der Waals surface area contributed by atoms with Gasteiger partial charge in [-0.2, -0.15) is 0 Å². The number of allylic oxidation sites excluding steroid dienone is 1. The van der Waals surface area contributed by atoms with Crippen LogP contribution in [-0.2, 0) is 11.2 Å². The van der Waals surface area contributed by atoms with Crippen LogP contribution in [0.2, 0.25) is 0 Å². The summed E-state index contributed by atoms with van der Waals surface area (Å²) in [6.45, 7) is 5.33. The molecule has 0 unspecified atom stereocenters. The van der Waals surface area contributed by atoms with Gasteiger partial charge in [0.1, 0.15) is 0 Å². The van der Waals surface area contributed by atoms with E-state index in [9.17, 15) is 4.79 Å². The molecule has 1 aromatic rings. The molecule has 1 aliphatic heterocycles. The number of hydrogen-bond donors (Lipinski definition) is 1. The van der Waals surface area contributed by atoms with Gasteiger partial charge in [0, 0.05) is 19.1 Å². The quantitative estimate of drug-likeness (QED) is 0.764. The van der Waals surface area contributed by atoms with Gasteiger partial charge in [0.05, 0.1) is 7.11 Å². The van der Waals surface area contributed by atoms with E-state index in [-0.39, 0.29) is 24.9 Å². The van der Waals surface area contributed by atoms with Gasteiger partial charge in [-0.1, -0.05) is 12.1 Å². The summed E-state index contributed by atoms with van der Waals surface area (Å²) < 4.78 is 11.0. The molecule has 0 atom stereocenters. The molecule has 0 bridgehead atoms. The molecule has 1 aromatic carbocycles. The highest BCUT2D eigenvalue weighted by atomic mass is 35.5. The lowest BCUT2D eigenvalue weighted by atomic mass is 10.1. The molecular weight excluding hydrogens is 328 g/mol. The van der Waals surface area contributed by atoms with Gasteiger partial charge in [0.15, 0.2) is 18.1 Å². The molecule has 1 N–H and O–H groups in total. The lowest BCUT2D eigenvalue weighted by molar-refractivity contribution is -0.134. The Morgan fingerprint density at radius 3 is 2.67 bits per heavy atom. The summed E-state index contributed by atoms with van der Waals surface area (Å²) in [6.07, 6.45) is 4.59. The molecule has 0 saturated carbocycles. The van der Waals surface area contributed by atoms with Crippen molar-refractivity contribution in [1.29, 1.82) is 0 Å². The topological polar surface area (TPSA) is 50.8 Å². The number of ether oxygens (including phenoxy) is 2. The van der Waals surface area contributed by atoms with Crippen LogP contribution in [0.4, 0.5) is 0 Å². The largest absolute Gasteiger partial charge is 0.493 e. The van der Waals surface area contributed by atoms with Crippen LogP contribution in [0.5, 0.6) is 11.5 Å². The Hall–Kier alpha value is -1.72. The van der Waals surface area contributed by atoms with E-state index < -0.39 is 0 Å². The molecule has 0 spiro atoms. The molecular formula is C18H27ClN2O3. The molecule has 5 nitrogen and oxygen atoms in total. The number of nitrogens with zero attached hydrogens (tertiary/aromatic N) is 1. The zero-order valence-electron chi connectivity index (χ0n) is 14.4. The molecule has 1 heterocycles. The van der Waals surface area contributed by atoms with Gasteiger partial charge in [0.2, 0.25) is 0 Å². The smallest absolute Gasteiger partial charge is 0.260 e. The zero-order chi connectivity index (χ0) is 16.7. The van der Waals surface area contributed by atoms with Crippen molar-refractivity contribution < 1.29 is 14.3 Å². The number of halogens is 1. The number of benzene rings is 1. The molecule has 1 saturated heterocycles. The van der Waals surface area contributed by atoms with Gasteiger partial charge < -0.3 is 19.7 Å². The first-order valence-electron chi connectivity index (χ1n) is 8.03. The second-order valence-corrected chi connectivity index (χ2v) is 5.71. The number of piperidine rings is 1. The van der Waals surface area contributed by atoms with E-state index in [1.807, 2.05) is 36.2 Å². The number of hydrogen-bond acceptors (Lipinski definition) is 4. The fourth-order valence-corrected chi connectivity index (χ4v) is 2.77. The molecule has 134 valence electrons. The Labute approximate surface area is 150 Å². The fraction of sp³-hybridized carbons (Fsp3) is 0.500. The zero-order valence-corrected chi connectivity index (χ0v) is 15.2. The van der Waals surface area contributed by atoms with Crippen molar-refractivity contribution in [3.8, 4) is 11.5 Å². The van der Waals surface area contributed by atoms with Gasteiger partial charge >= 0.3 is 0 Å². The van der Waals surface area contributed by atoms with E-state index in [1.165, 1.54) is 0 Å². The highest BCUT2D eigenvalue weighted by Crippen LogP contribution is 2.28. The van der Waals surface area contributed by atoms with Crippen LogP contribution in [0.1, 0.15) is 18.4 Å². The predicted octanol–water partition coefficient (Wildman–Crippen LogP) is 2.43. The van der Waals surface area contributed by atoms with Gasteiger partial charge in [-0.25, -0.2) is 0 Å². The van der Waals surface area contributed by atoms with E-state index in [2.05, 4.69) is 11.9 Å². The number of carbonyl (C=O) groups excluding carboxylic acids is 1. The van der Waals surface area contributed by atoms with E-state index in [4.69, 9.17) is 9.47 Å². The van der Waals surface area contributed by atoms with Crippen LogP contribution in [0.15, 0.2) is 30.9 Å². The van der Waals surface area contributed by atoms with E-state index in [0.717, 1.165) is 37.9 Å². The maximum Gasteiger partial charge on any atom is 0.260 e. The van der Waals surface area contributed by atoms with Gasteiger partial charge in [0.25, 0.3) is 5.91 Å². The van der Waals surface area contributed by atoms with Crippen LogP contribution in [0, 0.1) is 0 Å². The van der Waals surface area contributed by atoms with Crippen LogP contribution in [0.25, 0.3) is 0 Å². The molecule has 2 rings (SSSR count). The summed E-state index contributed by atoms with van der Waals surface area (Å²) in [5.41, 5.74) is 1.10. The Morgan fingerprint density at radius 1 is 1.38 bits per heavy atom. The third-order valence-electron chi connectivity index (χ3n) is 4.22. The third kappa shape index (κ3) is 5.42. The Bertz CT molecular complexity index is 543. The summed E-state index contributed by atoms with van der Waals surface area (Å²) in [5.74, 6) is 1.27. The summed E-state index contributed by atoms with van der Waals surface area (Å²) in [6, 6.07) is 6.23. The monoisotopic (exact) mass is 354 g/mol. The summed E-state index contributed by atoms with van der Waals surface area (Å²) in [7, 11) is 3.57. The van der Waals surface area contributed by atoms with Gasteiger partial charge in [-0.05, 0) is 44.0 Å². The average Bonchev–Trinajstić information content (AvgIpc) is 2.60. The minimum atomic E-state index is 0. The summed E-state index contributed by atoms with van der Waals surface area (Å²) >= 11 is 0. The first-order valence-corrected chi connectivity index (χ1v) is 8.03. The second kappa shape index (κ2) is 10.2.